The summed E-state index contributed by atoms with van der Waals surface area (Å²) >= 11 is 6.12. The number of hydrogen-bond donors (Lipinski definition) is 0. The number of benzene rings is 1. The molecule has 2 fully saturated rings. The van der Waals surface area contributed by atoms with Crippen LogP contribution < -0.4 is 9.47 Å². The molecule has 1 aromatic carbocycles. The first kappa shape index (κ1) is 32.0. The third-order valence-corrected chi connectivity index (χ3v) is 8.19. The molecule has 1 aromatic heterocycles. The van der Waals surface area contributed by atoms with Crippen LogP contribution in [0.3, 0.4) is 0 Å². The molecule has 0 aliphatic carbocycles. The molecular weight excluding hydrogens is 560 g/mol. The standard InChI is InChI=1S/C32H43ClN2O7/c1-7-39-31(37)27-25(32(3,4)5)28(42-17-16-41-24-18-21(33)19-34-29(24)38-6)26(22-13-9-8-12-20(22)2)35(27)30(36)23-14-10-11-15-40-23/h8-9,12-13,18-19,23,25-28H,7,10-11,14-17H2,1-6H3/t23?,25-,26+,27+,28+/m1/s1. The maximum Gasteiger partial charge on any atom is 0.329 e. The minimum Gasteiger partial charge on any atom is -0.485 e. The number of methoxy groups -OCH3 is 1. The van der Waals surface area contributed by atoms with Gasteiger partial charge in [0.15, 0.2) is 5.75 Å². The van der Waals surface area contributed by atoms with E-state index in [1.165, 1.54) is 13.3 Å². The van der Waals surface area contributed by atoms with Crippen molar-refractivity contribution in [3.8, 4) is 11.6 Å². The lowest BCUT2D eigenvalue weighted by atomic mass is 9.73. The predicted octanol–water partition coefficient (Wildman–Crippen LogP) is 5.56. The number of esters is 1. The minimum absolute atomic E-state index is 0.177. The molecular formula is C32H43ClN2O7. The average Bonchev–Trinajstić information content (AvgIpc) is 3.31. The van der Waals surface area contributed by atoms with Gasteiger partial charge in [-0.05, 0) is 49.7 Å². The molecule has 230 valence electrons. The number of nitrogens with zero attached hydrogens (tertiary/aromatic N) is 2. The van der Waals surface area contributed by atoms with Gasteiger partial charge in [0.1, 0.15) is 18.8 Å². The summed E-state index contributed by atoms with van der Waals surface area (Å²) in [4.78, 5) is 33.9. The van der Waals surface area contributed by atoms with Gasteiger partial charge in [-0.25, -0.2) is 9.78 Å². The summed E-state index contributed by atoms with van der Waals surface area (Å²) in [5, 5.41) is 0.422. The van der Waals surface area contributed by atoms with Crippen LogP contribution in [0.2, 0.25) is 5.02 Å². The summed E-state index contributed by atoms with van der Waals surface area (Å²) in [6.07, 6.45) is 2.75. The summed E-state index contributed by atoms with van der Waals surface area (Å²) in [7, 11) is 1.51. The van der Waals surface area contributed by atoms with Crippen molar-refractivity contribution in [1.82, 2.24) is 9.88 Å². The van der Waals surface area contributed by atoms with Crippen LogP contribution in [0.5, 0.6) is 11.6 Å². The number of halogens is 1. The van der Waals surface area contributed by atoms with Crippen LogP contribution in [0.1, 0.15) is 64.1 Å². The lowest BCUT2D eigenvalue weighted by molar-refractivity contribution is -0.162. The SMILES string of the molecule is CCOC(=O)[C@@H]1[C@@H](C(C)(C)C)[C@H](OCCOc2cc(Cl)cnc2OC)[C@H](c2ccccc2C)N1C(=O)C1CCCCO1. The normalized spacial score (nSPS) is 24.4. The van der Waals surface area contributed by atoms with Gasteiger partial charge < -0.3 is 28.6 Å². The Morgan fingerprint density at radius 2 is 1.93 bits per heavy atom. The van der Waals surface area contributed by atoms with Crippen molar-refractivity contribution < 1.29 is 33.3 Å². The zero-order chi connectivity index (χ0) is 30.4. The number of hydrogen-bond acceptors (Lipinski definition) is 8. The lowest BCUT2D eigenvalue weighted by Gasteiger charge is -2.36. The Bertz CT molecular complexity index is 1230. The first-order chi connectivity index (χ1) is 20.1. The monoisotopic (exact) mass is 602 g/mol. The number of rotatable bonds is 10. The van der Waals surface area contributed by atoms with E-state index in [2.05, 4.69) is 25.8 Å². The van der Waals surface area contributed by atoms with Crippen LogP contribution in [-0.2, 0) is 23.8 Å². The average molecular weight is 603 g/mol. The largest absolute Gasteiger partial charge is 0.485 e. The molecule has 1 unspecified atom stereocenters. The molecule has 0 radical (unpaired) electrons. The van der Waals surface area contributed by atoms with Gasteiger partial charge in [0.25, 0.3) is 11.8 Å². The number of aryl methyl sites for hydroxylation is 1. The number of carbonyl (C=O) groups excluding carboxylic acids is 2. The van der Waals surface area contributed by atoms with Crippen molar-refractivity contribution in [2.24, 2.45) is 11.3 Å². The fraction of sp³-hybridized carbons (Fsp3) is 0.594. The molecule has 2 aromatic rings. The Hall–Kier alpha value is -2.88. The second kappa shape index (κ2) is 14.1. The molecule has 0 saturated carbocycles. The molecule has 4 rings (SSSR count). The van der Waals surface area contributed by atoms with E-state index >= 15 is 0 Å². The van der Waals surface area contributed by atoms with Crippen LogP contribution in [0, 0.1) is 18.3 Å². The van der Waals surface area contributed by atoms with Gasteiger partial charge in [0.05, 0.1) is 37.5 Å². The Morgan fingerprint density at radius 3 is 2.57 bits per heavy atom. The molecule has 0 spiro atoms. The second-order valence-electron chi connectivity index (χ2n) is 11.8. The first-order valence-corrected chi connectivity index (χ1v) is 15.1. The Kier molecular flexibility index (Phi) is 10.7. The van der Waals surface area contributed by atoms with Crippen molar-refractivity contribution in [3.63, 3.8) is 0 Å². The molecule has 0 N–H and O–H groups in total. The van der Waals surface area contributed by atoms with Gasteiger partial charge >= 0.3 is 5.97 Å². The summed E-state index contributed by atoms with van der Waals surface area (Å²) in [6, 6.07) is 8.18. The zero-order valence-corrected chi connectivity index (χ0v) is 26.2. The van der Waals surface area contributed by atoms with E-state index in [-0.39, 0.29) is 31.6 Å². The number of ether oxygens (including phenoxy) is 5. The topological polar surface area (TPSA) is 96.4 Å². The van der Waals surface area contributed by atoms with E-state index in [0.717, 1.165) is 24.0 Å². The van der Waals surface area contributed by atoms with Crippen molar-refractivity contribution in [2.75, 3.05) is 33.5 Å². The first-order valence-electron chi connectivity index (χ1n) is 14.7. The third-order valence-electron chi connectivity index (χ3n) is 7.98. The van der Waals surface area contributed by atoms with Crippen LogP contribution in [0.15, 0.2) is 36.5 Å². The molecule has 1 amide bonds. The Morgan fingerprint density at radius 1 is 1.17 bits per heavy atom. The number of amides is 1. The summed E-state index contributed by atoms with van der Waals surface area (Å²) in [5.41, 5.74) is 1.50. The second-order valence-corrected chi connectivity index (χ2v) is 12.3. The summed E-state index contributed by atoms with van der Waals surface area (Å²) in [6.45, 7) is 11.1. The van der Waals surface area contributed by atoms with Crippen LogP contribution in [0.25, 0.3) is 0 Å². The third kappa shape index (κ3) is 7.01. The molecule has 10 heteroatoms. The van der Waals surface area contributed by atoms with Gasteiger partial charge in [-0.1, -0.05) is 56.6 Å². The quantitative estimate of drug-likeness (QED) is 0.257. The van der Waals surface area contributed by atoms with Gasteiger partial charge in [-0.3, -0.25) is 4.79 Å². The van der Waals surface area contributed by atoms with Crippen LogP contribution in [0.4, 0.5) is 0 Å². The molecule has 42 heavy (non-hydrogen) atoms. The van der Waals surface area contributed by atoms with Crippen LogP contribution >= 0.6 is 11.6 Å². The fourth-order valence-corrected chi connectivity index (χ4v) is 6.30. The summed E-state index contributed by atoms with van der Waals surface area (Å²) < 4.78 is 29.5. The Labute approximate surface area is 253 Å². The van der Waals surface area contributed by atoms with Gasteiger partial charge in [0.2, 0.25) is 0 Å². The summed E-state index contributed by atoms with van der Waals surface area (Å²) in [5.74, 6) is -0.295. The maximum absolute atomic E-state index is 14.3. The van der Waals surface area contributed by atoms with Crippen molar-refractivity contribution >= 4 is 23.5 Å². The van der Waals surface area contributed by atoms with Crippen molar-refractivity contribution in [1.29, 1.82) is 0 Å². The number of likely N-dealkylation sites (tertiary alicyclic amines) is 1. The van der Waals surface area contributed by atoms with E-state index in [0.29, 0.717) is 29.7 Å². The van der Waals surface area contributed by atoms with E-state index in [9.17, 15) is 9.59 Å². The highest BCUT2D eigenvalue weighted by atomic mass is 35.5. The molecule has 2 saturated heterocycles. The number of pyridine rings is 1. The van der Waals surface area contributed by atoms with Crippen molar-refractivity contribution in [3.05, 3.63) is 52.7 Å². The highest BCUT2D eigenvalue weighted by Crippen LogP contribution is 2.50. The molecule has 2 aliphatic heterocycles. The van der Waals surface area contributed by atoms with E-state index in [1.807, 2.05) is 31.2 Å². The molecule has 5 atom stereocenters. The predicted molar refractivity (Wildman–Crippen MR) is 159 cm³/mol. The zero-order valence-electron chi connectivity index (χ0n) is 25.4. The highest BCUT2D eigenvalue weighted by Gasteiger charge is 2.60. The van der Waals surface area contributed by atoms with Gasteiger partial charge in [-0.2, -0.15) is 0 Å². The van der Waals surface area contributed by atoms with E-state index in [4.69, 9.17) is 35.3 Å². The van der Waals surface area contributed by atoms with Gasteiger partial charge in [0, 0.05) is 24.8 Å². The van der Waals surface area contributed by atoms with Gasteiger partial charge in [-0.15, -0.1) is 0 Å². The molecule has 9 nitrogen and oxygen atoms in total. The lowest BCUT2D eigenvalue weighted by Crippen LogP contribution is -2.51. The Balaban J connectivity index is 1.73. The number of carbonyl (C=O) groups is 2. The van der Waals surface area contributed by atoms with Crippen molar-refractivity contribution in [2.45, 2.75) is 78.2 Å². The van der Waals surface area contributed by atoms with Crippen LogP contribution in [-0.4, -0.2) is 73.5 Å². The highest BCUT2D eigenvalue weighted by molar-refractivity contribution is 6.30. The molecule has 2 aliphatic rings. The van der Waals surface area contributed by atoms with E-state index in [1.54, 1.807) is 17.9 Å². The fourth-order valence-electron chi connectivity index (χ4n) is 6.15. The maximum atomic E-state index is 14.3. The minimum atomic E-state index is -0.851. The number of aromatic nitrogens is 1. The smallest absolute Gasteiger partial charge is 0.329 e. The van der Waals surface area contributed by atoms with E-state index < -0.39 is 35.7 Å². The molecule has 0 bridgehead atoms. The molecule has 3 heterocycles.